The van der Waals surface area contributed by atoms with Crippen molar-refractivity contribution in [1.29, 1.82) is 0 Å². The first-order valence-electron chi connectivity index (χ1n) is 4.92. The lowest BCUT2D eigenvalue weighted by Crippen LogP contribution is -3.11. The maximum absolute atomic E-state index is 11.4. The van der Waals surface area contributed by atoms with E-state index in [9.17, 15) is 5.21 Å². The standard InChI is InChI=1S/C9H18BNO3/c1-6-8(11(3)12)9(2,10)5-7(13-4)14-6/h6-8,11H,5H2,1-4H3/p+1. The lowest BCUT2D eigenvalue weighted by atomic mass is 9.60. The van der Waals surface area contributed by atoms with Crippen LogP contribution in [0.4, 0.5) is 0 Å². The summed E-state index contributed by atoms with van der Waals surface area (Å²) in [7, 11) is 9.40. The summed E-state index contributed by atoms with van der Waals surface area (Å²) in [5.74, 6) is 0. The molecule has 4 nitrogen and oxygen atoms in total. The van der Waals surface area contributed by atoms with Gasteiger partial charge in [0.1, 0.15) is 19.3 Å². The largest absolute Gasteiger partial charge is 0.634 e. The minimum atomic E-state index is -0.506. The zero-order valence-corrected chi connectivity index (χ0v) is 9.28. The van der Waals surface area contributed by atoms with Gasteiger partial charge in [0.05, 0.1) is 21.3 Å². The van der Waals surface area contributed by atoms with E-state index in [-0.39, 0.29) is 23.5 Å². The van der Waals surface area contributed by atoms with Gasteiger partial charge in [-0.3, -0.25) is 0 Å². The van der Waals surface area contributed by atoms with Crippen molar-refractivity contribution in [3.8, 4) is 0 Å². The molecule has 2 radical (unpaired) electrons. The average Bonchev–Trinajstić information content (AvgIpc) is 1.99. The van der Waals surface area contributed by atoms with Gasteiger partial charge in [-0.25, -0.2) is 0 Å². The van der Waals surface area contributed by atoms with E-state index in [2.05, 4.69) is 4.74 Å². The molecule has 0 aromatic carbocycles. The second-order valence-electron chi connectivity index (χ2n) is 4.35. The summed E-state index contributed by atoms with van der Waals surface area (Å²) in [6.07, 6.45) is 0.290. The molecule has 80 valence electrons. The highest BCUT2D eigenvalue weighted by molar-refractivity contribution is 6.15. The van der Waals surface area contributed by atoms with Crippen LogP contribution in [0, 0.1) is 5.21 Å². The first kappa shape index (κ1) is 12.0. The fourth-order valence-electron chi connectivity index (χ4n) is 2.36. The Labute approximate surface area is 86.5 Å². The van der Waals surface area contributed by atoms with Crippen molar-refractivity contribution in [2.75, 3.05) is 14.2 Å². The second-order valence-corrected chi connectivity index (χ2v) is 4.35. The van der Waals surface area contributed by atoms with Gasteiger partial charge in [0.15, 0.2) is 0 Å². The number of hydrogen-bond donors (Lipinski definition) is 1. The van der Waals surface area contributed by atoms with E-state index in [1.807, 2.05) is 13.8 Å². The van der Waals surface area contributed by atoms with Crippen LogP contribution in [-0.2, 0) is 4.74 Å². The van der Waals surface area contributed by atoms with Crippen LogP contribution in [0.25, 0.3) is 0 Å². The van der Waals surface area contributed by atoms with Crippen LogP contribution >= 0.6 is 0 Å². The molecule has 0 saturated carbocycles. The molecule has 1 rings (SSSR count). The Kier molecular flexibility index (Phi) is 3.58. The molecule has 1 heterocycles. The van der Waals surface area contributed by atoms with Crippen molar-refractivity contribution in [3.63, 3.8) is 0 Å². The fraction of sp³-hybridized carbons (Fsp3) is 1.00. The highest BCUT2D eigenvalue weighted by Crippen LogP contribution is 2.38. The number of nitrogens with one attached hydrogen (secondary N) is 1. The van der Waals surface area contributed by atoms with Gasteiger partial charge in [-0.2, -0.15) is 0 Å². The predicted molar refractivity (Wildman–Crippen MR) is 55.3 cm³/mol. The summed E-state index contributed by atoms with van der Waals surface area (Å²) < 4.78 is 9.65. The third-order valence-electron chi connectivity index (χ3n) is 2.89. The van der Waals surface area contributed by atoms with Gasteiger partial charge in [0.2, 0.25) is 0 Å². The van der Waals surface area contributed by atoms with Gasteiger partial charge in [0, 0.05) is 0 Å². The summed E-state index contributed by atoms with van der Waals surface area (Å²) in [6.45, 7) is 3.78. The normalized spacial score (nSPS) is 46.2. The molecule has 1 aliphatic heterocycles. The Morgan fingerprint density at radius 2 is 2.21 bits per heavy atom. The molecule has 0 aromatic rings. The topological polar surface area (TPSA) is 49.5 Å². The second kappa shape index (κ2) is 4.19. The molecule has 5 heteroatoms. The van der Waals surface area contributed by atoms with Crippen molar-refractivity contribution in [3.05, 3.63) is 5.21 Å². The van der Waals surface area contributed by atoms with Crippen molar-refractivity contribution in [1.82, 2.24) is 0 Å². The van der Waals surface area contributed by atoms with E-state index in [0.29, 0.717) is 6.42 Å². The molecule has 1 fully saturated rings. The summed E-state index contributed by atoms with van der Waals surface area (Å²) in [4.78, 5) is 0. The molecule has 0 amide bonds. The number of quaternary nitrogens is 1. The Morgan fingerprint density at radius 3 is 2.57 bits per heavy atom. The number of aliphatic hydroxyl groups is 2. The molecule has 5 atom stereocenters. The van der Waals surface area contributed by atoms with Crippen LogP contribution in [0.1, 0.15) is 20.3 Å². The van der Waals surface area contributed by atoms with E-state index in [1.165, 1.54) is 0 Å². The molecule has 0 spiro atoms. The molecule has 14 heavy (non-hydrogen) atoms. The van der Waals surface area contributed by atoms with Crippen LogP contribution in [0.3, 0.4) is 0 Å². The third-order valence-corrected chi connectivity index (χ3v) is 2.89. The van der Waals surface area contributed by atoms with E-state index >= 15 is 0 Å². The van der Waals surface area contributed by atoms with E-state index in [1.54, 1.807) is 14.2 Å². The molecule has 2 N–H and O–H groups in total. The Morgan fingerprint density at radius 1 is 1.64 bits per heavy atom. The summed E-state index contributed by atoms with van der Waals surface area (Å²) in [5.41, 5.74) is 0. The van der Waals surface area contributed by atoms with Gasteiger partial charge in [-0.15, -0.1) is 0 Å². The van der Waals surface area contributed by atoms with E-state index in [0.717, 1.165) is 0 Å². The average molecular weight is 200 g/mol. The van der Waals surface area contributed by atoms with Gasteiger partial charge >= 0.3 is 0 Å². The quantitative estimate of drug-likeness (QED) is 0.353. The number of likely N-dealkylation sites (N-methyl/N-ethyl adjacent to an activating group) is 1. The fourth-order valence-corrected chi connectivity index (χ4v) is 2.36. The van der Waals surface area contributed by atoms with Crippen molar-refractivity contribution >= 4 is 7.85 Å². The first-order valence-corrected chi connectivity index (χ1v) is 4.92. The molecule has 0 aromatic heterocycles. The number of hydrogen-bond acceptors (Lipinski definition) is 2. The molecule has 0 bridgehead atoms. The molecule has 1 saturated heterocycles. The lowest BCUT2D eigenvalue weighted by Gasteiger charge is -2.47. The van der Waals surface area contributed by atoms with Crippen LogP contribution in [0.2, 0.25) is 5.31 Å². The zero-order chi connectivity index (χ0) is 10.9. The Bertz CT molecular complexity index is 198. The van der Waals surface area contributed by atoms with Gasteiger partial charge in [0.25, 0.3) is 6.29 Å². The van der Waals surface area contributed by atoms with Gasteiger partial charge in [-0.1, -0.05) is 6.92 Å². The Hall–Kier alpha value is -0.0951. The zero-order valence-electron chi connectivity index (χ0n) is 9.28. The van der Waals surface area contributed by atoms with Gasteiger partial charge in [-0.05, 0) is 12.2 Å². The van der Waals surface area contributed by atoms with Crippen LogP contribution in [-0.4, -0.2) is 45.2 Å². The van der Waals surface area contributed by atoms with Crippen LogP contribution in [0.15, 0.2) is 0 Å². The smallest absolute Gasteiger partial charge is 0.264 e. The van der Waals surface area contributed by atoms with Crippen molar-refractivity contribution < 1.29 is 14.5 Å². The lowest BCUT2D eigenvalue weighted by molar-refractivity contribution is -0.864. The minimum Gasteiger partial charge on any atom is -0.634 e. The van der Waals surface area contributed by atoms with E-state index in [4.69, 9.17) is 12.6 Å². The van der Waals surface area contributed by atoms with Crippen molar-refractivity contribution in [2.45, 2.75) is 44.0 Å². The Balaban J connectivity index is 2.77. The summed E-state index contributed by atoms with van der Waals surface area (Å²) in [6, 6.07) is -0.222. The monoisotopic (exact) mass is 200 g/mol. The molecule has 1 aliphatic rings. The van der Waals surface area contributed by atoms with Crippen LogP contribution in [0.5, 0.6) is 0 Å². The maximum atomic E-state index is 11.4. The molecule has 0 aliphatic carbocycles. The van der Waals surface area contributed by atoms with E-state index < -0.39 is 5.31 Å². The summed E-state index contributed by atoms with van der Waals surface area (Å²) in [5, 5.41) is 11.0. The summed E-state index contributed by atoms with van der Waals surface area (Å²) >= 11 is 0. The third kappa shape index (κ3) is 2.28. The predicted octanol–water partition coefficient (Wildman–Crippen LogP) is -0.993. The number of rotatable bonds is 2. The minimum absolute atomic E-state index is 0.0945. The SMILES string of the molecule is [B]C1(C)CC([OH+]C)OC(C)C1[NH+](C)[O-]. The van der Waals surface area contributed by atoms with Gasteiger partial charge < -0.3 is 19.7 Å². The molecular formula is C9H19BNO3+. The highest BCUT2D eigenvalue weighted by atomic mass is 16.7. The number of hydroxylamine groups is 2. The highest BCUT2D eigenvalue weighted by Gasteiger charge is 2.46. The van der Waals surface area contributed by atoms with Crippen LogP contribution < -0.4 is 5.06 Å². The van der Waals surface area contributed by atoms with Crippen molar-refractivity contribution in [2.24, 2.45) is 0 Å². The maximum Gasteiger partial charge on any atom is 0.264 e. The molecular weight excluding hydrogens is 181 g/mol. The molecule has 5 unspecified atom stereocenters. The number of ether oxygens (including phenoxy) is 2. The first-order chi connectivity index (χ1) is 6.38.